The topological polar surface area (TPSA) is 78.9 Å². The van der Waals surface area contributed by atoms with Gasteiger partial charge in [0.2, 0.25) is 0 Å². The molecule has 0 aliphatic rings. The number of ether oxygens (including phenoxy) is 3. The normalized spacial score (nSPS) is 12.4. The standard InChI is InChI=1S/C48H84O6/c1-4-7-10-13-16-19-21-23-25-26-29-32-35-38-41-47(50)53-44-45(43-52-46(49)40-37-34-31-28-18-15-12-9-6-3)54-48(51)42-39-36-33-30-27-24-22-20-17-14-11-8-5-2/h7,9-10,12,16,18-19,28,45H,4-6,8,11,13-15,17,20-27,29-44H2,1-3H3/b10-7-,12-9-,19-16-,28-18-. The molecule has 0 aromatic carbocycles. The summed E-state index contributed by atoms with van der Waals surface area (Å²) in [4.78, 5) is 37.7. The molecule has 0 fully saturated rings. The van der Waals surface area contributed by atoms with Gasteiger partial charge >= 0.3 is 17.9 Å². The molecule has 0 bridgehead atoms. The van der Waals surface area contributed by atoms with Crippen molar-refractivity contribution >= 4 is 17.9 Å². The van der Waals surface area contributed by atoms with Gasteiger partial charge in [-0.2, -0.15) is 0 Å². The summed E-state index contributed by atoms with van der Waals surface area (Å²) in [6, 6.07) is 0. The van der Waals surface area contributed by atoms with Gasteiger partial charge in [0.15, 0.2) is 6.10 Å². The van der Waals surface area contributed by atoms with Gasteiger partial charge in [-0.1, -0.05) is 179 Å². The molecule has 0 heterocycles. The number of hydrogen-bond donors (Lipinski definition) is 0. The Morgan fingerprint density at radius 2 is 0.722 bits per heavy atom. The molecular weight excluding hydrogens is 673 g/mol. The van der Waals surface area contributed by atoms with Crippen molar-refractivity contribution in [1.82, 2.24) is 0 Å². The lowest BCUT2D eigenvalue weighted by Crippen LogP contribution is -2.30. The van der Waals surface area contributed by atoms with Crippen molar-refractivity contribution in [3.05, 3.63) is 48.6 Å². The van der Waals surface area contributed by atoms with Crippen LogP contribution in [-0.2, 0) is 28.6 Å². The fourth-order valence-corrected chi connectivity index (χ4v) is 6.22. The van der Waals surface area contributed by atoms with E-state index in [1.54, 1.807) is 0 Å². The number of carbonyl (C=O) groups is 3. The molecule has 6 nitrogen and oxygen atoms in total. The van der Waals surface area contributed by atoms with Gasteiger partial charge in [0.05, 0.1) is 0 Å². The zero-order valence-electron chi connectivity index (χ0n) is 35.5. The average Bonchev–Trinajstić information content (AvgIpc) is 3.17. The van der Waals surface area contributed by atoms with Gasteiger partial charge in [-0.15, -0.1) is 0 Å². The smallest absolute Gasteiger partial charge is 0.306 e. The molecule has 0 aromatic heterocycles. The van der Waals surface area contributed by atoms with Gasteiger partial charge in [0.25, 0.3) is 0 Å². The second-order valence-electron chi connectivity index (χ2n) is 14.9. The molecule has 0 aromatic rings. The lowest BCUT2D eigenvalue weighted by molar-refractivity contribution is -0.167. The Balaban J connectivity index is 4.37. The molecular formula is C48H84O6. The van der Waals surface area contributed by atoms with E-state index in [4.69, 9.17) is 14.2 Å². The molecule has 0 spiro atoms. The molecule has 0 rings (SSSR count). The molecule has 0 aliphatic heterocycles. The summed E-state index contributed by atoms with van der Waals surface area (Å²) in [6.07, 6.45) is 49.6. The third-order valence-corrected chi connectivity index (χ3v) is 9.58. The lowest BCUT2D eigenvalue weighted by Gasteiger charge is -2.18. The van der Waals surface area contributed by atoms with Crippen molar-refractivity contribution < 1.29 is 28.6 Å². The molecule has 0 saturated carbocycles. The van der Waals surface area contributed by atoms with Crippen LogP contribution in [0.4, 0.5) is 0 Å². The van der Waals surface area contributed by atoms with Crippen LogP contribution in [0.1, 0.15) is 220 Å². The molecule has 6 heteroatoms. The highest BCUT2D eigenvalue weighted by Crippen LogP contribution is 2.15. The predicted molar refractivity (Wildman–Crippen MR) is 229 cm³/mol. The predicted octanol–water partition coefficient (Wildman–Crippen LogP) is 14.4. The van der Waals surface area contributed by atoms with Gasteiger partial charge in [0, 0.05) is 19.3 Å². The average molecular weight is 757 g/mol. The molecule has 1 atom stereocenters. The second-order valence-corrected chi connectivity index (χ2v) is 14.9. The highest BCUT2D eigenvalue weighted by atomic mass is 16.6. The van der Waals surface area contributed by atoms with E-state index in [-0.39, 0.29) is 31.1 Å². The van der Waals surface area contributed by atoms with E-state index in [9.17, 15) is 14.4 Å². The van der Waals surface area contributed by atoms with Gasteiger partial charge in [-0.05, 0) is 70.6 Å². The largest absolute Gasteiger partial charge is 0.462 e. The maximum absolute atomic E-state index is 12.7. The third kappa shape index (κ3) is 40.6. The first-order chi connectivity index (χ1) is 26.5. The number of hydrogen-bond acceptors (Lipinski definition) is 6. The maximum Gasteiger partial charge on any atom is 0.306 e. The summed E-state index contributed by atoms with van der Waals surface area (Å²) in [5, 5.41) is 0. The summed E-state index contributed by atoms with van der Waals surface area (Å²) >= 11 is 0. The SMILES string of the molecule is CC/C=C\C/C=C\CCCCCCCCCC(=O)OCC(COC(=O)CCCC/C=C\C/C=C\CC)OC(=O)CCCCCCCCCCCCCCC. The summed E-state index contributed by atoms with van der Waals surface area (Å²) in [5.41, 5.74) is 0. The quantitative estimate of drug-likeness (QED) is 0.0268. The lowest BCUT2D eigenvalue weighted by atomic mass is 10.0. The summed E-state index contributed by atoms with van der Waals surface area (Å²) in [5.74, 6) is -0.932. The minimum Gasteiger partial charge on any atom is -0.462 e. The van der Waals surface area contributed by atoms with Crippen LogP contribution in [-0.4, -0.2) is 37.2 Å². The van der Waals surface area contributed by atoms with E-state index < -0.39 is 6.10 Å². The highest BCUT2D eigenvalue weighted by Gasteiger charge is 2.19. The van der Waals surface area contributed by atoms with Crippen LogP contribution in [0.25, 0.3) is 0 Å². The number of unbranched alkanes of at least 4 members (excludes halogenated alkanes) is 21. The molecule has 54 heavy (non-hydrogen) atoms. The Labute approximate surface area is 333 Å². The molecule has 0 N–H and O–H groups in total. The van der Waals surface area contributed by atoms with Crippen LogP contribution in [0.3, 0.4) is 0 Å². The molecule has 0 aliphatic carbocycles. The van der Waals surface area contributed by atoms with Crippen LogP contribution in [0.5, 0.6) is 0 Å². The van der Waals surface area contributed by atoms with E-state index in [2.05, 4.69) is 69.4 Å². The summed E-state index contributed by atoms with van der Waals surface area (Å²) in [7, 11) is 0. The number of rotatable bonds is 40. The second kappa shape index (κ2) is 43.1. The Bertz CT molecular complexity index is 964. The van der Waals surface area contributed by atoms with Gasteiger partial charge in [0.1, 0.15) is 13.2 Å². The summed E-state index contributed by atoms with van der Waals surface area (Å²) in [6.45, 7) is 6.36. The molecule has 312 valence electrons. The molecule has 1 unspecified atom stereocenters. The Hall–Kier alpha value is -2.63. The highest BCUT2D eigenvalue weighted by molar-refractivity contribution is 5.71. The van der Waals surface area contributed by atoms with Gasteiger partial charge < -0.3 is 14.2 Å². The first kappa shape index (κ1) is 51.4. The molecule has 0 amide bonds. The zero-order chi connectivity index (χ0) is 39.4. The number of esters is 3. The Morgan fingerprint density at radius 1 is 0.389 bits per heavy atom. The fourth-order valence-electron chi connectivity index (χ4n) is 6.22. The molecule has 0 saturated heterocycles. The number of carbonyl (C=O) groups excluding carboxylic acids is 3. The Kier molecular flexibility index (Phi) is 41.0. The third-order valence-electron chi connectivity index (χ3n) is 9.58. The Morgan fingerprint density at radius 3 is 1.15 bits per heavy atom. The minimum absolute atomic E-state index is 0.0862. The van der Waals surface area contributed by atoms with Crippen molar-refractivity contribution in [1.29, 1.82) is 0 Å². The van der Waals surface area contributed by atoms with Crippen LogP contribution in [0.15, 0.2) is 48.6 Å². The zero-order valence-corrected chi connectivity index (χ0v) is 35.5. The van der Waals surface area contributed by atoms with Crippen LogP contribution < -0.4 is 0 Å². The summed E-state index contributed by atoms with van der Waals surface area (Å²) < 4.78 is 16.6. The molecule has 0 radical (unpaired) electrons. The first-order valence-electron chi connectivity index (χ1n) is 22.6. The fraction of sp³-hybridized carbons (Fsp3) is 0.771. The van der Waals surface area contributed by atoms with E-state index in [1.165, 1.54) is 89.9 Å². The van der Waals surface area contributed by atoms with Crippen molar-refractivity contribution in [3.8, 4) is 0 Å². The minimum atomic E-state index is -0.783. The van der Waals surface area contributed by atoms with Crippen molar-refractivity contribution in [3.63, 3.8) is 0 Å². The van der Waals surface area contributed by atoms with Crippen LogP contribution in [0.2, 0.25) is 0 Å². The van der Waals surface area contributed by atoms with Crippen molar-refractivity contribution in [2.75, 3.05) is 13.2 Å². The monoisotopic (exact) mass is 757 g/mol. The first-order valence-corrected chi connectivity index (χ1v) is 22.6. The van der Waals surface area contributed by atoms with E-state index in [1.807, 2.05) is 0 Å². The van der Waals surface area contributed by atoms with Crippen LogP contribution in [0, 0.1) is 0 Å². The van der Waals surface area contributed by atoms with E-state index in [0.717, 1.165) is 89.9 Å². The van der Waals surface area contributed by atoms with Gasteiger partial charge in [-0.25, -0.2) is 0 Å². The van der Waals surface area contributed by atoms with E-state index >= 15 is 0 Å². The maximum atomic E-state index is 12.7. The van der Waals surface area contributed by atoms with Crippen LogP contribution >= 0.6 is 0 Å². The van der Waals surface area contributed by atoms with Crippen molar-refractivity contribution in [2.24, 2.45) is 0 Å². The van der Waals surface area contributed by atoms with E-state index in [0.29, 0.717) is 19.3 Å². The van der Waals surface area contributed by atoms with Gasteiger partial charge in [-0.3, -0.25) is 14.4 Å². The van der Waals surface area contributed by atoms with Crippen molar-refractivity contribution in [2.45, 2.75) is 226 Å². The number of allylic oxidation sites excluding steroid dienone is 8.